The summed E-state index contributed by atoms with van der Waals surface area (Å²) in [5.74, 6) is -0.309. The Morgan fingerprint density at radius 2 is 1.67 bits per heavy atom. The molecule has 3 heteroatoms. The van der Waals surface area contributed by atoms with Crippen molar-refractivity contribution in [3.8, 4) is 0 Å². The van der Waals surface area contributed by atoms with Crippen molar-refractivity contribution in [2.75, 3.05) is 0 Å². The fourth-order valence-corrected chi connectivity index (χ4v) is 2.43. The molecule has 2 aromatic carbocycles. The number of hydrogen-bond acceptors (Lipinski definition) is 0. The Kier molecular flexibility index (Phi) is 3.94. The van der Waals surface area contributed by atoms with E-state index < -0.39 is 0 Å². The molecule has 0 aliphatic carbocycles. The largest absolute Gasteiger partial charge is 0.207 e. The summed E-state index contributed by atoms with van der Waals surface area (Å²) in [7, 11) is 0. The molecule has 0 amide bonds. The van der Waals surface area contributed by atoms with Crippen LogP contribution in [0.4, 0.5) is 4.39 Å². The molecular weight excluding hydrogens is 270 g/mol. The molecule has 1 unspecified atom stereocenters. The van der Waals surface area contributed by atoms with Gasteiger partial charge in [-0.2, -0.15) is 0 Å². The number of aryl methyl sites for hydroxylation is 2. The van der Waals surface area contributed by atoms with Gasteiger partial charge in [0.15, 0.2) is 0 Å². The first-order valence-electron chi connectivity index (χ1n) is 5.65. The molecule has 0 N–H and O–H groups in total. The molecule has 0 saturated heterocycles. The molecule has 0 heterocycles. The highest BCUT2D eigenvalue weighted by atomic mass is 35.5. The minimum absolute atomic E-state index is 0.309. The van der Waals surface area contributed by atoms with E-state index in [1.807, 2.05) is 31.2 Å². The lowest BCUT2D eigenvalue weighted by Crippen LogP contribution is -1.97. The Morgan fingerprint density at radius 1 is 1.06 bits per heavy atom. The molecule has 0 bridgehead atoms. The van der Waals surface area contributed by atoms with E-state index in [-0.39, 0.29) is 11.2 Å². The summed E-state index contributed by atoms with van der Waals surface area (Å²) in [6, 6.07) is 10.9. The van der Waals surface area contributed by atoms with Crippen LogP contribution in [0.25, 0.3) is 0 Å². The highest BCUT2D eigenvalue weighted by Gasteiger charge is 2.16. The van der Waals surface area contributed by atoms with Gasteiger partial charge >= 0.3 is 0 Å². The fraction of sp³-hybridized carbons (Fsp3) is 0.200. The first-order chi connectivity index (χ1) is 8.49. The predicted octanol–water partition coefficient (Wildman–Crippen LogP) is 5.42. The molecule has 0 aliphatic rings. The van der Waals surface area contributed by atoms with Gasteiger partial charge in [0, 0.05) is 5.02 Å². The molecule has 0 fully saturated rings. The van der Waals surface area contributed by atoms with Crippen LogP contribution in [0.15, 0.2) is 36.4 Å². The lowest BCUT2D eigenvalue weighted by Gasteiger charge is -2.13. The van der Waals surface area contributed by atoms with Crippen molar-refractivity contribution in [1.29, 1.82) is 0 Å². The second kappa shape index (κ2) is 5.29. The normalized spacial score (nSPS) is 12.5. The summed E-state index contributed by atoms with van der Waals surface area (Å²) in [5, 5.41) is -0.00363. The van der Waals surface area contributed by atoms with Crippen LogP contribution in [-0.4, -0.2) is 0 Å². The topological polar surface area (TPSA) is 0 Å². The van der Waals surface area contributed by atoms with Crippen LogP contribution in [0, 0.1) is 19.7 Å². The lowest BCUT2D eigenvalue weighted by atomic mass is 10.0. The molecule has 0 aliphatic heterocycles. The number of benzene rings is 2. The average Bonchev–Trinajstić information content (AvgIpc) is 2.34. The van der Waals surface area contributed by atoms with Crippen LogP contribution in [0.5, 0.6) is 0 Å². The third kappa shape index (κ3) is 2.68. The van der Waals surface area contributed by atoms with Crippen molar-refractivity contribution in [3.63, 3.8) is 0 Å². The van der Waals surface area contributed by atoms with Crippen LogP contribution in [0.2, 0.25) is 5.02 Å². The maximum atomic E-state index is 13.4. The van der Waals surface area contributed by atoms with Crippen LogP contribution < -0.4 is 0 Å². The highest BCUT2D eigenvalue weighted by Crippen LogP contribution is 2.35. The third-order valence-corrected chi connectivity index (χ3v) is 3.74. The van der Waals surface area contributed by atoms with E-state index in [2.05, 4.69) is 0 Å². The summed E-state index contributed by atoms with van der Waals surface area (Å²) in [6.07, 6.45) is 0. The minimum atomic E-state index is -0.364. The molecule has 94 valence electrons. The van der Waals surface area contributed by atoms with Crippen molar-refractivity contribution in [2.45, 2.75) is 19.2 Å². The molecule has 0 nitrogen and oxygen atoms in total. The first-order valence-corrected chi connectivity index (χ1v) is 6.46. The van der Waals surface area contributed by atoms with Crippen LogP contribution in [0.1, 0.15) is 27.6 Å². The van der Waals surface area contributed by atoms with Gasteiger partial charge in [-0.3, -0.25) is 0 Å². The summed E-state index contributed by atoms with van der Waals surface area (Å²) < 4.78 is 13.4. The summed E-state index contributed by atoms with van der Waals surface area (Å²) in [4.78, 5) is 0. The quantitative estimate of drug-likeness (QED) is 0.645. The second-order valence-corrected chi connectivity index (χ2v) is 5.24. The molecule has 0 saturated carbocycles. The van der Waals surface area contributed by atoms with Crippen molar-refractivity contribution >= 4 is 23.2 Å². The Balaban J connectivity index is 2.42. The van der Waals surface area contributed by atoms with E-state index in [1.165, 1.54) is 11.6 Å². The van der Waals surface area contributed by atoms with Gasteiger partial charge in [0.05, 0.1) is 5.38 Å². The summed E-state index contributed by atoms with van der Waals surface area (Å²) in [6.45, 7) is 3.72. The standard InChI is InChI=1S/C15H13Cl2F/c1-9-3-5-11(6-4-9)15(17)12-7-10(2)14(18)8-13(12)16/h3-8,15H,1-2H3. The second-order valence-electron chi connectivity index (χ2n) is 4.40. The SMILES string of the molecule is Cc1ccc(C(Cl)c2cc(C)c(F)cc2Cl)cc1. The smallest absolute Gasteiger partial charge is 0.127 e. The van der Waals surface area contributed by atoms with Gasteiger partial charge in [-0.25, -0.2) is 4.39 Å². The molecule has 2 rings (SSSR count). The van der Waals surface area contributed by atoms with E-state index in [4.69, 9.17) is 23.2 Å². The van der Waals surface area contributed by atoms with Gasteiger partial charge in [-0.15, -0.1) is 11.6 Å². The van der Waals surface area contributed by atoms with Gasteiger partial charge in [0.2, 0.25) is 0 Å². The van der Waals surface area contributed by atoms with Crippen LogP contribution >= 0.6 is 23.2 Å². The number of hydrogen-bond donors (Lipinski definition) is 0. The molecule has 0 spiro atoms. The Bertz CT molecular complexity index is 561. The molecule has 1 atom stereocenters. The van der Waals surface area contributed by atoms with Crippen molar-refractivity contribution in [2.24, 2.45) is 0 Å². The fourth-order valence-electron chi connectivity index (χ4n) is 1.79. The lowest BCUT2D eigenvalue weighted by molar-refractivity contribution is 0.618. The molecule has 18 heavy (non-hydrogen) atoms. The highest BCUT2D eigenvalue weighted by molar-refractivity contribution is 6.33. The van der Waals surface area contributed by atoms with Crippen molar-refractivity contribution < 1.29 is 4.39 Å². The molecule has 2 aromatic rings. The summed E-state index contributed by atoms with van der Waals surface area (Å²) in [5.41, 5.74) is 3.41. The van der Waals surface area contributed by atoms with Crippen LogP contribution in [-0.2, 0) is 0 Å². The van der Waals surface area contributed by atoms with E-state index in [0.29, 0.717) is 10.6 Å². The average molecular weight is 283 g/mol. The van der Waals surface area contributed by atoms with Crippen LogP contribution in [0.3, 0.4) is 0 Å². The maximum absolute atomic E-state index is 13.4. The van der Waals surface area contributed by atoms with E-state index >= 15 is 0 Å². The van der Waals surface area contributed by atoms with Gasteiger partial charge in [0.1, 0.15) is 5.82 Å². The molecule has 0 aromatic heterocycles. The Hall–Kier alpha value is -1.05. The van der Waals surface area contributed by atoms with Gasteiger partial charge in [-0.1, -0.05) is 41.4 Å². The first kappa shape index (κ1) is 13.4. The summed E-state index contributed by atoms with van der Waals surface area (Å²) >= 11 is 12.5. The Labute approximate surface area is 116 Å². The van der Waals surface area contributed by atoms with E-state index in [0.717, 1.165) is 11.1 Å². The monoisotopic (exact) mass is 282 g/mol. The van der Waals surface area contributed by atoms with Gasteiger partial charge < -0.3 is 0 Å². The zero-order valence-corrected chi connectivity index (χ0v) is 11.7. The predicted molar refractivity (Wildman–Crippen MR) is 75.0 cm³/mol. The third-order valence-electron chi connectivity index (χ3n) is 2.92. The molecular formula is C15H13Cl2F. The number of alkyl halides is 1. The van der Waals surface area contributed by atoms with Gasteiger partial charge in [0.25, 0.3) is 0 Å². The van der Waals surface area contributed by atoms with Crippen molar-refractivity contribution in [1.82, 2.24) is 0 Å². The number of rotatable bonds is 2. The maximum Gasteiger partial charge on any atom is 0.127 e. The number of halogens is 3. The van der Waals surface area contributed by atoms with E-state index in [9.17, 15) is 4.39 Å². The van der Waals surface area contributed by atoms with Gasteiger partial charge in [-0.05, 0) is 42.7 Å². The molecule has 0 radical (unpaired) electrons. The zero-order valence-electron chi connectivity index (χ0n) is 10.2. The van der Waals surface area contributed by atoms with E-state index in [1.54, 1.807) is 13.0 Å². The van der Waals surface area contributed by atoms with Crippen molar-refractivity contribution in [3.05, 3.63) is 69.5 Å². The Morgan fingerprint density at radius 3 is 2.28 bits per heavy atom. The minimum Gasteiger partial charge on any atom is -0.207 e. The zero-order chi connectivity index (χ0) is 13.3.